The summed E-state index contributed by atoms with van der Waals surface area (Å²) in [6, 6.07) is 9.28. The van der Waals surface area contributed by atoms with Gasteiger partial charge < -0.3 is 50.5 Å². The molecule has 0 aliphatic carbocycles. The van der Waals surface area contributed by atoms with Gasteiger partial charge in [0.2, 0.25) is 0 Å². The van der Waals surface area contributed by atoms with Gasteiger partial charge in [0.05, 0.1) is 0 Å². The van der Waals surface area contributed by atoms with E-state index < -0.39 is 0 Å². The Balaban J connectivity index is 0.000000762. The zero-order valence-corrected chi connectivity index (χ0v) is 32.0. The molecule has 0 fully saturated rings. The van der Waals surface area contributed by atoms with Crippen LogP contribution in [0.3, 0.4) is 0 Å². The normalized spacial score (nSPS) is 13.0. The molecule has 0 saturated heterocycles. The minimum absolute atomic E-state index is 0. The first-order chi connectivity index (χ1) is 18.3. The molecular weight excluding hydrogens is 619 g/mol. The second-order valence-electron chi connectivity index (χ2n) is 12.8. The Hall–Kier alpha value is -0.706. The zero-order chi connectivity index (χ0) is 31.2. The first-order valence-corrected chi connectivity index (χ1v) is 16.4. The van der Waals surface area contributed by atoms with Crippen LogP contribution in [0.2, 0.25) is 0 Å². The smallest absolute Gasteiger partial charge is 0 e. The molecule has 0 heterocycles. The van der Waals surface area contributed by atoms with Crippen LogP contribution >= 0.6 is 0 Å². The number of allylic oxidation sites excluding steroid dienone is 2. The van der Waals surface area contributed by atoms with Gasteiger partial charge in [-0.15, -0.1) is 0 Å². The molecule has 2 rings (SSSR count). The van der Waals surface area contributed by atoms with Crippen LogP contribution in [0.4, 0.5) is 0 Å². The van der Waals surface area contributed by atoms with Gasteiger partial charge in [-0.2, -0.15) is 9.81 Å². The number of hydrogen-bond acceptors (Lipinski definition) is 4. The average molecular weight is 672 g/mol. The molecule has 0 saturated carbocycles. The summed E-state index contributed by atoms with van der Waals surface area (Å²) in [6.45, 7) is 30.7. The topological polar surface area (TPSA) is 0 Å². The van der Waals surface area contributed by atoms with Crippen molar-refractivity contribution in [2.45, 2.75) is 132 Å². The third-order valence-corrected chi connectivity index (χ3v) is 9.05. The number of benzene rings is 2. The molecule has 0 radical (unpaired) electrons. The van der Waals surface area contributed by atoms with E-state index in [1.54, 1.807) is 0 Å². The van der Waals surface area contributed by atoms with Crippen molar-refractivity contribution in [3.8, 4) is 0 Å². The van der Waals surface area contributed by atoms with E-state index in [0.717, 1.165) is 19.6 Å². The van der Waals surface area contributed by atoms with Gasteiger partial charge in [-0.25, -0.2) is 9.81 Å². The summed E-state index contributed by atoms with van der Waals surface area (Å²) in [7, 11) is 0. The van der Waals surface area contributed by atoms with Gasteiger partial charge in [0.1, 0.15) is 0 Å². The van der Waals surface area contributed by atoms with E-state index >= 15 is 0 Å². The summed E-state index contributed by atoms with van der Waals surface area (Å²) in [5.74, 6) is 2.87. The van der Waals surface area contributed by atoms with Gasteiger partial charge in [0.15, 0.2) is 0 Å². The Bertz CT molecular complexity index is 1050. The van der Waals surface area contributed by atoms with Gasteiger partial charge in [0.25, 0.3) is 0 Å². The van der Waals surface area contributed by atoms with E-state index in [4.69, 9.17) is 50.5 Å². The van der Waals surface area contributed by atoms with E-state index in [2.05, 4.69) is 107 Å². The van der Waals surface area contributed by atoms with Crippen molar-refractivity contribution in [3.05, 3.63) is 78.6 Å². The third kappa shape index (κ3) is 10.8. The molecule has 41 heavy (non-hydrogen) atoms. The van der Waals surface area contributed by atoms with Gasteiger partial charge in [0, 0.05) is 16.5 Å². The summed E-state index contributed by atoms with van der Waals surface area (Å²) < 4.78 is 0. The minimum atomic E-state index is 0. The summed E-state index contributed by atoms with van der Waals surface area (Å²) in [6.07, 6.45) is 0. The van der Waals surface area contributed by atoms with Gasteiger partial charge in [-0.3, -0.25) is 0 Å². The molecule has 0 nitrogen and oxygen atoms in total. The summed E-state index contributed by atoms with van der Waals surface area (Å²) in [4.78, 5) is 3.34. The Labute approximate surface area is 286 Å². The van der Waals surface area contributed by atoms with Gasteiger partial charge in [-0.05, 0) is 80.0 Å². The molecule has 0 aliphatic heterocycles. The van der Waals surface area contributed by atoms with Crippen molar-refractivity contribution < 1.29 is 16.5 Å². The van der Waals surface area contributed by atoms with Crippen molar-refractivity contribution in [1.82, 2.24) is 0 Å². The van der Waals surface area contributed by atoms with Crippen molar-refractivity contribution in [2.24, 2.45) is 0 Å². The molecule has 0 aromatic heterocycles. The fourth-order valence-electron chi connectivity index (χ4n) is 4.79. The Kier molecular flexibility index (Phi) is 17.3. The SMILES string of the molecule is C/C([S-])=C(/[S-])c1c(C(C)C)cc(C(C)C)cc1C(C)C.C/C([S-])=C(/[S-])c1c(C(C)C)cc(C(C)C)cc1C(C)C.[Ni]. The van der Waals surface area contributed by atoms with Crippen LogP contribution in [0.15, 0.2) is 34.1 Å². The molecule has 0 spiro atoms. The molecule has 0 aliphatic rings. The first-order valence-electron chi connectivity index (χ1n) is 14.8. The first kappa shape index (κ1) is 40.3. The van der Waals surface area contributed by atoms with E-state index in [-0.39, 0.29) is 16.5 Å². The van der Waals surface area contributed by atoms with Crippen molar-refractivity contribution in [2.75, 3.05) is 0 Å². The van der Waals surface area contributed by atoms with E-state index in [0.29, 0.717) is 35.5 Å². The second kappa shape index (κ2) is 17.6. The van der Waals surface area contributed by atoms with Crippen LogP contribution in [-0.4, -0.2) is 0 Å². The van der Waals surface area contributed by atoms with Crippen LogP contribution in [0.25, 0.3) is 9.81 Å². The molecule has 0 atom stereocenters. The second-order valence-corrected chi connectivity index (χ2v) is 14.9. The Morgan fingerprint density at radius 1 is 0.415 bits per heavy atom. The fraction of sp³-hybridized carbons (Fsp3) is 0.556. The third-order valence-electron chi connectivity index (χ3n) is 7.36. The summed E-state index contributed by atoms with van der Waals surface area (Å²) >= 11 is 21.9. The number of rotatable bonds is 8. The molecule has 5 heteroatoms. The van der Waals surface area contributed by atoms with E-state index in [9.17, 15) is 0 Å². The standard InChI is InChI=1S/2C18H28S2.Ni/c2*1-10(2)14-8-15(11(3)4)17(18(20)13(7)19)16(9-14)12(5)6;/h2*8-12,19-20H,1-7H3;/p-4/b2*18-13-;. The molecule has 0 bridgehead atoms. The van der Waals surface area contributed by atoms with Crippen molar-refractivity contribution in [1.29, 1.82) is 0 Å². The molecule has 0 unspecified atom stereocenters. The van der Waals surface area contributed by atoms with Crippen LogP contribution in [0, 0.1) is 0 Å². The largest absolute Gasteiger partial charge is 0.785 e. The maximum Gasteiger partial charge on any atom is 0 e. The van der Waals surface area contributed by atoms with Crippen LogP contribution in [-0.2, 0) is 67.0 Å². The van der Waals surface area contributed by atoms with Crippen LogP contribution in [0.5, 0.6) is 0 Å². The predicted octanol–water partition coefficient (Wildman–Crippen LogP) is 11.7. The zero-order valence-electron chi connectivity index (χ0n) is 27.7. The predicted molar refractivity (Wildman–Crippen MR) is 192 cm³/mol. The monoisotopic (exact) mass is 670 g/mol. The Morgan fingerprint density at radius 2 is 0.610 bits per heavy atom. The maximum atomic E-state index is 5.63. The Morgan fingerprint density at radius 3 is 0.732 bits per heavy atom. The minimum Gasteiger partial charge on any atom is -0.785 e. The molecular formula is C36H52NiS4-4. The molecule has 0 amide bonds. The van der Waals surface area contributed by atoms with Crippen molar-refractivity contribution >= 4 is 60.3 Å². The summed E-state index contributed by atoms with van der Waals surface area (Å²) in [5, 5.41) is 0. The quantitative estimate of drug-likeness (QED) is 0.202. The van der Waals surface area contributed by atoms with E-state index in [1.807, 2.05) is 13.8 Å². The maximum absolute atomic E-state index is 5.63. The number of hydrogen-bond donors (Lipinski definition) is 0. The van der Waals surface area contributed by atoms with Crippen molar-refractivity contribution in [3.63, 3.8) is 0 Å². The summed E-state index contributed by atoms with van der Waals surface area (Å²) in [5.41, 5.74) is 10.6. The molecule has 2 aromatic rings. The van der Waals surface area contributed by atoms with Crippen LogP contribution < -0.4 is 0 Å². The van der Waals surface area contributed by atoms with Crippen LogP contribution in [0.1, 0.15) is 177 Å². The average Bonchev–Trinajstić information content (AvgIpc) is 2.85. The van der Waals surface area contributed by atoms with E-state index in [1.165, 1.54) is 44.5 Å². The fourth-order valence-corrected chi connectivity index (χ4v) is 5.46. The van der Waals surface area contributed by atoms with Gasteiger partial charge in [-0.1, -0.05) is 121 Å². The molecule has 0 N–H and O–H groups in total. The molecule has 234 valence electrons. The molecule has 2 aromatic carbocycles. The van der Waals surface area contributed by atoms with Gasteiger partial charge >= 0.3 is 0 Å².